The zero-order valence-corrected chi connectivity index (χ0v) is 14.0. The normalized spacial score (nSPS) is 14.9. The SMILES string of the molecule is CCNC(C)c1ccc(S(=O)(=O)NCC(C)OCC)cc1. The Balaban J connectivity index is 2.71. The Kier molecular flexibility index (Phi) is 7.31. The van der Waals surface area contributed by atoms with Crippen molar-refractivity contribution >= 4 is 10.0 Å². The van der Waals surface area contributed by atoms with Crippen molar-refractivity contribution in [1.29, 1.82) is 0 Å². The lowest BCUT2D eigenvalue weighted by molar-refractivity contribution is 0.0799. The first-order valence-corrected chi connectivity index (χ1v) is 8.83. The zero-order valence-electron chi connectivity index (χ0n) is 13.2. The molecular formula is C15H26N2O3S. The van der Waals surface area contributed by atoms with E-state index in [1.807, 2.05) is 32.9 Å². The maximum Gasteiger partial charge on any atom is 0.240 e. The third kappa shape index (κ3) is 5.74. The summed E-state index contributed by atoms with van der Waals surface area (Å²) in [5.74, 6) is 0. The summed E-state index contributed by atoms with van der Waals surface area (Å²) in [6.45, 7) is 9.53. The summed E-state index contributed by atoms with van der Waals surface area (Å²) < 4.78 is 32.2. The van der Waals surface area contributed by atoms with Gasteiger partial charge in [0.2, 0.25) is 10.0 Å². The van der Waals surface area contributed by atoms with E-state index >= 15 is 0 Å². The first-order valence-electron chi connectivity index (χ1n) is 7.35. The van der Waals surface area contributed by atoms with Gasteiger partial charge in [-0.25, -0.2) is 13.1 Å². The fourth-order valence-corrected chi connectivity index (χ4v) is 3.13. The fraction of sp³-hybridized carbons (Fsp3) is 0.600. The van der Waals surface area contributed by atoms with Crippen molar-refractivity contribution in [2.75, 3.05) is 19.7 Å². The minimum absolute atomic E-state index is 0.141. The number of hydrogen-bond donors (Lipinski definition) is 2. The van der Waals surface area contributed by atoms with Gasteiger partial charge in [-0.15, -0.1) is 0 Å². The monoisotopic (exact) mass is 314 g/mol. The van der Waals surface area contributed by atoms with Crippen LogP contribution in [0, 0.1) is 0 Å². The number of sulfonamides is 1. The minimum Gasteiger partial charge on any atom is -0.377 e. The molecular weight excluding hydrogens is 288 g/mol. The highest BCUT2D eigenvalue weighted by molar-refractivity contribution is 7.89. The Morgan fingerprint density at radius 3 is 2.29 bits per heavy atom. The van der Waals surface area contributed by atoms with E-state index in [-0.39, 0.29) is 23.6 Å². The van der Waals surface area contributed by atoms with Gasteiger partial charge >= 0.3 is 0 Å². The molecule has 6 heteroatoms. The highest BCUT2D eigenvalue weighted by Crippen LogP contribution is 2.16. The predicted molar refractivity (Wildman–Crippen MR) is 84.8 cm³/mol. The predicted octanol–water partition coefficient (Wildman–Crippen LogP) is 2.06. The van der Waals surface area contributed by atoms with Gasteiger partial charge in [-0.05, 0) is 45.0 Å². The van der Waals surface area contributed by atoms with Crippen LogP contribution in [0.4, 0.5) is 0 Å². The summed E-state index contributed by atoms with van der Waals surface area (Å²) in [5, 5.41) is 3.29. The van der Waals surface area contributed by atoms with Crippen LogP contribution in [0.1, 0.15) is 39.3 Å². The van der Waals surface area contributed by atoms with Crippen LogP contribution in [0.5, 0.6) is 0 Å². The van der Waals surface area contributed by atoms with Crippen LogP contribution in [-0.2, 0) is 14.8 Å². The molecule has 0 amide bonds. The van der Waals surface area contributed by atoms with Gasteiger partial charge < -0.3 is 10.1 Å². The van der Waals surface area contributed by atoms with Crippen LogP contribution in [0.2, 0.25) is 0 Å². The number of ether oxygens (including phenoxy) is 1. The zero-order chi connectivity index (χ0) is 15.9. The molecule has 1 rings (SSSR count). The van der Waals surface area contributed by atoms with Gasteiger partial charge in [-0.1, -0.05) is 19.1 Å². The van der Waals surface area contributed by atoms with Crippen molar-refractivity contribution in [3.63, 3.8) is 0 Å². The van der Waals surface area contributed by atoms with Crippen molar-refractivity contribution in [2.45, 2.75) is 44.7 Å². The summed E-state index contributed by atoms with van der Waals surface area (Å²) in [6, 6.07) is 7.16. The third-order valence-electron chi connectivity index (χ3n) is 3.21. The summed E-state index contributed by atoms with van der Waals surface area (Å²) >= 11 is 0. The van der Waals surface area contributed by atoms with Gasteiger partial charge in [0.1, 0.15) is 0 Å². The van der Waals surface area contributed by atoms with Crippen LogP contribution >= 0.6 is 0 Å². The summed E-state index contributed by atoms with van der Waals surface area (Å²) in [6.07, 6.45) is -0.141. The molecule has 1 aromatic rings. The molecule has 0 aliphatic heterocycles. The van der Waals surface area contributed by atoms with E-state index in [2.05, 4.69) is 17.0 Å². The Labute approximate surface area is 128 Å². The largest absolute Gasteiger partial charge is 0.377 e. The lowest BCUT2D eigenvalue weighted by Gasteiger charge is -2.15. The molecule has 0 aliphatic rings. The van der Waals surface area contributed by atoms with Gasteiger partial charge in [0.05, 0.1) is 11.0 Å². The highest BCUT2D eigenvalue weighted by atomic mass is 32.2. The van der Waals surface area contributed by atoms with Gasteiger partial charge in [0, 0.05) is 19.2 Å². The van der Waals surface area contributed by atoms with Gasteiger partial charge in [0.15, 0.2) is 0 Å². The fourth-order valence-electron chi connectivity index (χ4n) is 2.01. The number of benzene rings is 1. The molecule has 2 unspecified atom stereocenters. The number of rotatable bonds is 9. The standard InChI is InChI=1S/C15H26N2O3S/c1-5-16-13(4)14-7-9-15(10-8-14)21(18,19)17-11-12(3)20-6-2/h7-10,12-13,16-17H,5-6,11H2,1-4H3. The molecule has 2 atom stereocenters. The van der Waals surface area contributed by atoms with E-state index in [9.17, 15) is 8.42 Å². The average Bonchev–Trinajstić information content (AvgIpc) is 2.46. The second kappa shape index (κ2) is 8.48. The van der Waals surface area contributed by atoms with Crippen LogP contribution in [0.25, 0.3) is 0 Å². The van der Waals surface area contributed by atoms with Crippen molar-refractivity contribution in [1.82, 2.24) is 10.0 Å². The van der Waals surface area contributed by atoms with Crippen LogP contribution in [0.3, 0.4) is 0 Å². The van der Waals surface area contributed by atoms with Gasteiger partial charge in [-0.3, -0.25) is 0 Å². The van der Waals surface area contributed by atoms with Gasteiger partial charge in [0.25, 0.3) is 0 Å². The first kappa shape index (κ1) is 18.1. The van der Waals surface area contributed by atoms with Crippen LogP contribution in [0.15, 0.2) is 29.2 Å². The Bertz CT molecular complexity index is 514. The molecule has 0 bridgehead atoms. The van der Waals surface area contributed by atoms with E-state index in [1.54, 1.807) is 12.1 Å². The molecule has 0 saturated heterocycles. The highest BCUT2D eigenvalue weighted by Gasteiger charge is 2.15. The maximum atomic E-state index is 12.2. The van der Waals surface area contributed by atoms with E-state index in [0.717, 1.165) is 12.1 Å². The molecule has 5 nitrogen and oxygen atoms in total. The van der Waals surface area contributed by atoms with Crippen molar-refractivity contribution < 1.29 is 13.2 Å². The number of nitrogens with one attached hydrogen (secondary N) is 2. The third-order valence-corrected chi connectivity index (χ3v) is 4.65. The molecule has 0 spiro atoms. The molecule has 120 valence electrons. The quantitative estimate of drug-likeness (QED) is 0.732. The topological polar surface area (TPSA) is 67.4 Å². The molecule has 0 heterocycles. The summed E-state index contributed by atoms with van der Waals surface area (Å²) in [4.78, 5) is 0.277. The van der Waals surface area contributed by atoms with E-state index in [1.165, 1.54) is 0 Å². The lowest BCUT2D eigenvalue weighted by atomic mass is 10.1. The molecule has 0 aliphatic carbocycles. The summed E-state index contributed by atoms with van der Waals surface area (Å²) in [7, 11) is -3.48. The smallest absolute Gasteiger partial charge is 0.240 e. The van der Waals surface area contributed by atoms with E-state index < -0.39 is 10.0 Å². The Morgan fingerprint density at radius 1 is 1.14 bits per heavy atom. The van der Waals surface area contributed by atoms with Crippen molar-refractivity contribution in [2.24, 2.45) is 0 Å². The van der Waals surface area contributed by atoms with E-state index in [4.69, 9.17) is 4.74 Å². The van der Waals surface area contributed by atoms with Crippen molar-refractivity contribution in [3.05, 3.63) is 29.8 Å². The Hall–Kier alpha value is -0.950. The van der Waals surface area contributed by atoms with Crippen LogP contribution in [-0.4, -0.2) is 34.2 Å². The lowest BCUT2D eigenvalue weighted by Crippen LogP contribution is -2.32. The second-order valence-corrected chi connectivity index (χ2v) is 6.73. The molecule has 1 aromatic carbocycles. The number of hydrogen-bond acceptors (Lipinski definition) is 4. The van der Waals surface area contributed by atoms with Gasteiger partial charge in [-0.2, -0.15) is 0 Å². The minimum atomic E-state index is -3.48. The van der Waals surface area contributed by atoms with Crippen LogP contribution < -0.4 is 10.0 Å². The second-order valence-electron chi connectivity index (χ2n) is 4.97. The average molecular weight is 314 g/mol. The molecule has 0 fully saturated rings. The molecule has 2 N–H and O–H groups in total. The molecule has 0 saturated carbocycles. The Morgan fingerprint density at radius 2 is 1.76 bits per heavy atom. The summed E-state index contributed by atoms with van der Waals surface area (Å²) in [5.41, 5.74) is 1.07. The van der Waals surface area contributed by atoms with Crippen molar-refractivity contribution in [3.8, 4) is 0 Å². The molecule has 0 radical (unpaired) electrons. The molecule has 0 aromatic heterocycles. The maximum absolute atomic E-state index is 12.2. The van der Waals surface area contributed by atoms with E-state index in [0.29, 0.717) is 6.61 Å². The molecule has 21 heavy (non-hydrogen) atoms. The first-order chi connectivity index (χ1) is 9.90.